The number of rotatable bonds is 3. The zero-order valence-corrected chi connectivity index (χ0v) is 17.1. The summed E-state index contributed by atoms with van der Waals surface area (Å²) in [6.07, 6.45) is 16.0. The van der Waals surface area contributed by atoms with Gasteiger partial charge in [0.1, 0.15) is 0 Å². The molecule has 2 nitrogen and oxygen atoms in total. The molecule has 1 aromatic rings. The molecule has 2 atom stereocenters. The third kappa shape index (κ3) is 3.72. The summed E-state index contributed by atoms with van der Waals surface area (Å²) < 4.78 is 0. The number of hydrogen-bond acceptors (Lipinski definition) is 2. The van der Waals surface area contributed by atoms with Gasteiger partial charge in [-0.25, -0.2) is 0 Å². The second kappa shape index (κ2) is 8.25. The van der Waals surface area contributed by atoms with Crippen molar-refractivity contribution in [3.8, 4) is 0 Å². The molecular formula is C25H38N2. The first-order valence-corrected chi connectivity index (χ1v) is 11.9. The molecule has 0 bridgehead atoms. The molecule has 2 saturated carbocycles. The lowest BCUT2D eigenvalue weighted by Crippen LogP contribution is -2.63. The lowest BCUT2D eigenvalue weighted by molar-refractivity contribution is -0.0336. The van der Waals surface area contributed by atoms with E-state index in [1.54, 1.807) is 5.56 Å². The Morgan fingerprint density at radius 2 is 1.44 bits per heavy atom. The highest BCUT2D eigenvalue weighted by Gasteiger charge is 2.45. The fraction of sp³-hybridized carbons (Fsp3) is 0.760. The highest BCUT2D eigenvalue weighted by molar-refractivity contribution is 5.20. The fourth-order valence-electron chi connectivity index (χ4n) is 7.08. The molecule has 2 heteroatoms. The summed E-state index contributed by atoms with van der Waals surface area (Å²) in [6.45, 7) is 4.06. The van der Waals surface area contributed by atoms with Gasteiger partial charge >= 0.3 is 0 Å². The molecule has 0 amide bonds. The van der Waals surface area contributed by atoms with Gasteiger partial charge in [-0.3, -0.25) is 9.80 Å². The molecule has 1 aromatic carbocycles. The van der Waals surface area contributed by atoms with Crippen LogP contribution < -0.4 is 0 Å². The molecule has 4 aliphatic rings. The molecule has 2 aliphatic heterocycles. The molecule has 5 rings (SSSR count). The molecule has 0 N–H and O–H groups in total. The molecule has 0 unspecified atom stereocenters. The van der Waals surface area contributed by atoms with Gasteiger partial charge in [-0.15, -0.1) is 0 Å². The normalized spacial score (nSPS) is 36.6. The Bertz CT molecular complexity index is 586. The van der Waals surface area contributed by atoms with Crippen molar-refractivity contribution in [2.24, 2.45) is 5.92 Å². The van der Waals surface area contributed by atoms with Crippen LogP contribution in [0.4, 0.5) is 0 Å². The molecule has 0 radical (unpaired) electrons. The van der Waals surface area contributed by atoms with Gasteiger partial charge in [0.2, 0.25) is 0 Å². The zero-order chi connectivity index (χ0) is 18.1. The van der Waals surface area contributed by atoms with Crippen molar-refractivity contribution >= 4 is 0 Å². The monoisotopic (exact) mass is 366 g/mol. The highest BCUT2D eigenvalue weighted by Crippen LogP contribution is 2.42. The van der Waals surface area contributed by atoms with E-state index in [0.717, 1.165) is 30.0 Å². The summed E-state index contributed by atoms with van der Waals surface area (Å²) in [5.74, 6) is 1.79. The minimum absolute atomic E-state index is 0.809. The van der Waals surface area contributed by atoms with Crippen LogP contribution in [0.5, 0.6) is 0 Å². The van der Waals surface area contributed by atoms with E-state index in [2.05, 4.69) is 40.1 Å². The van der Waals surface area contributed by atoms with Gasteiger partial charge in [-0.2, -0.15) is 0 Å². The van der Waals surface area contributed by atoms with Crippen LogP contribution in [0.2, 0.25) is 0 Å². The predicted molar refractivity (Wildman–Crippen MR) is 113 cm³/mol. The molecule has 2 heterocycles. The van der Waals surface area contributed by atoms with Crippen molar-refractivity contribution < 1.29 is 0 Å². The number of nitrogens with zero attached hydrogens (tertiary/aromatic N) is 2. The molecule has 148 valence electrons. The molecule has 0 spiro atoms. The second-order valence-electron chi connectivity index (χ2n) is 9.79. The molecule has 2 aliphatic carbocycles. The van der Waals surface area contributed by atoms with E-state index in [1.165, 1.54) is 90.3 Å². The van der Waals surface area contributed by atoms with Gasteiger partial charge in [0.25, 0.3) is 0 Å². The Morgan fingerprint density at radius 1 is 0.667 bits per heavy atom. The van der Waals surface area contributed by atoms with Crippen LogP contribution in [0.25, 0.3) is 0 Å². The largest absolute Gasteiger partial charge is 0.298 e. The summed E-state index contributed by atoms with van der Waals surface area (Å²) in [5, 5.41) is 0. The molecule has 27 heavy (non-hydrogen) atoms. The Labute approximate surface area is 166 Å². The maximum Gasteiger partial charge on any atom is 0.0283 e. The van der Waals surface area contributed by atoms with Crippen molar-refractivity contribution in [2.75, 3.05) is 19.6 Å². The third-order valence-corrected chi connectivity index (χ3v) is 8.41. The van der Waals surface area contributed by atoms with E-state index in [9.17, 15) is 0 Å². The first-order valence-electron chi connectivity index (χ1n) is 11.9. The Balaban J connectivity index is 1.29. The quantitative estimate of drug-likeness (QED) is 0.702. The molecule has 2 saturated heterocycles. The average molecular weight is 367 g/mol. The van der Waals surface area contributed by atoms with Crippen molar-refractivity contribution in [1.29, 1.82) is 0 Å². The van der Waals surface area contributed by atoms with Crippen LogP contribution in [0.15, 0.2) is 30.3 Å². The first-order chi connectivity index (χ1) is 13.4. The minimum atomic E-state index is 0.809. The van der Waals surface area contributed by atoms with E-state index in [0.29, 0.717) is 0 Å². The van der Waals surface area contributed by atoms with Crippen molar-refractivity contribution in [2.45, 2.75) is 94.7 Å². The van der Waals surface area contributed by atoms with E-state index < -0.39 is 0 Å². The Kier molecular flexibility index (Phi) is 5.56. The Morgan fingerprint density at radius 3 is 2.22 bits per heavy atom. The summed E-state index contributed by atoms with van der Waals surface area (Å²) in [7, 11) is 0. The van der Waals surface area contributed by atoms with Gasteiger partial charge in [0, 0.05) is 31.2 Å². The standard InChI is InChI=1S/C25H38N2/c1-3-8-20(9-4-1)21-13-15-23(16-14-21)27-19-18-26-17-7-12-24(26)25(27)22-10-5-2-6-11-22/h1,3-4,8-9,21-25H,2,5-7,10-19H2/t21?,23?,24-,25+/m0/s1. The van der Waals surface area contributed by atoms with Crippen LogP contribution in [0.3, 0.4) is 0 Å². The van der Waals surface area contributed by atoms with Gasteiger partial charge < -0.3 is 0 Å². The maximum absolute atomic E-state index is 3.06. The van der Waals surface area contributed by atoms with Crippen LogP contribution in [-0.4, -0.2) is 47.6 Å². The number of piperazine rings is 1. The predicted octanol–water partition coefficient (Wildman–Crippen LogP) is 5.44. The summed E-state index contributed by atoms with van der Waals surface area (Å²) in [6, 6.07) is 13.9. The first kappa shape index (κ1) is 18.2. The van der Waals surface area contributed by atoms with Crippen molar-refractivity contribution in [1.82, 2.24) is 9.80 Å². The van der Waals surface area contributed by atoms with Crippen LogP contribution in [-0.2, 0) is 0 Å². The number of hydrogen-bond donors (Lipinski definition) is 0. The molecule has 4 fully saturated rings. The van der Waals surface area contributed by atoms with E-state index in [4.69, 9.17) is 0 Å². The number of benzene rings is 1. The van der Waals surface area contributed by atoms with Gasteiger partial charge in [0.05, 0.1) is 0 Å². The van der Waals surface area contributed by atoms with Crippen molar-refractivity contribution in [3.63, 3.8) is 0 Å². The lowest BCUT2D eigenvalue weighted by Gasteiger charge is -2.53. The molecule has 0 aromatic heterocycles. The number of fused-ring (bicyclic) bond motifs is 1. The average Bonchev–Trinajstić information content (AvgIpc) is 3.23. The topological polar surface area (TPSA) is 6.48 Å². The van der Waals surface area contributed by atoms with Crippen LogP contribution in [0.1, 0.15) is 82.1 Å². The maximum atomic E-state index is 3.06. The smallest absolute Gasteiger partial charge is 0.0283 e. The van der Waals surface area contributed by atoms with E-state index in [-0.39, 0.29) is 0 Å². The minimum Gasteiger partial charge on any atom is -0.298 e. The highest BCUT2D eigenvalue weighted by atomic mass is 15.3. The SMILES string of the molecule is c1ccc(C2CCC(N3CCN4CCC[C@H]4[C@H]3C3CCCCC3)CC2)cc1. The molecular weight excluding hydrogens is 328 g/mol. The third-order valence-electron chi connectivity index (χ3n) is 8.41. The lowest BCUT2D eigenvalue weighted by atomic mass is 9.76. The zero-order valence-electron chi connectivity index (χ0n) is 17.1. The van der Waals surface area contributed by atoms with Gasteiger partial charge in [0.15, 0.2) is 0 Å². The van der Waals surface area contributed by atoms with Gasteiger partial charge in [-0.1, -0.05) is 49.6 Å². The Hall–Kier alpha value is -0.860. The summed E-state index contributed by atoms with van der Waals surface area (Å²) >= 11 is 0. The second-order valence-corrected chi connectivity index (χ2v) is 9.79. The van der Waals surface area contributed by atoms with Gasteiger partial charge in [-0.05, 0) is 75.3 Å². The van der Waals surface area contributed by atoms with E-state index in [1.807, 2.05) is 0 Å². The summed E-state index contributed by atoms with van der Waals surface area (Å²) in [4.78, 5) is 5.93. The van der Waals surface area contributed by atoms with Crippen LogP contribution in [0, 0.1) is 5.92 Å². The van der Waals surface area contributed by atoms with Crippen molar-refractivity contribution in [3.05, 3.63) is 35.9 Å². The van der Waals surface area contributed by atoms with Crippen LogP contribution >= 0.6 is 0 Å². The van der Waals surface area contributed by atoms with E-state index >= 15 is 0 Å². The summed E-state index contributed by atoms with van der Waals surface area (Å²) in [5.41, 5.74) is 1.58. The fourth-order valence-corrected chi connectivity index (χ4v) is 7.08.